The van der Waals surface area contributed by atoms with E-state index in [1.165, 1.54) is 61.9 Å². The van der Waals surface area contributed by atoms with E-state index < -0.39 is 0 Å². The van der Waals surface area contributed by atoms with Crippen LogP contribution in [0.1, 0.15) is 49.3 Å². The fraction of sp³-hybridized carbons (Fsp3) is 0.500. The zero-order valence-corrected chi connectivity index (χ0v) is 15.6. The minimum atomic E-state index is 0.788. The summed E-state index contributed by atoms with van der Waals surface area (Å²) in [7, 11) is 0. The smallest absolute Gasteiger partial charge is 0.0202 e. The van der Waals surface area contributed by atoms with Gasteiger partial charge in [0, 0.05) is 19.1 Å². The van der Waals surface area contributed by atoms with E-state index in [1.54, 1.807) is 5.57 Å². The van der Waals surface area contributed by atoms with Gasteiger partial charge in [-0.3, -0.25) is 4.90 Å². The van der Waals surface area contributed by atoms with Crippen LogP contribution in [0.3, 0.4) is 0 Å². The minimum absolute atomic E-state index is 0.788. The normalized spacial score (nSPS) is 28.8. The molecule has 25 heavy (non-hydrogen) atoms. The highest BCUT2D eigenvalue weighted by Gasteiger charge is 2.37. The Hall–Kier alpha value is -1.60. The third-order valence-corrected chi connectivity index (χ3v) is 6.63. The molecule has 1 aliphatic heterocycles. The third-order valence-electron chi connectivity index (χ3n) is 6.63. The van der Waals surface area contributed by atoms with Crippen LogP contribution in [0, 0.1) is 11.8 Å². The molecule has 0 amide bonds. The third kappa shape index (κ3) is 3.40. The van der Waals surface area contributed by atoms with Gasteiger partial charge in [0.15, 0.2) is 0 Å². The lowest BCUT2D eigenvalue weighted by molar-refractivity contribution is 0.191. The van der Waals surface area contributed by atoms with E-state index in [9.17, 15) is 0 Å². The molecule has 1 heteroatoms. The first-order valence-electron chi connectivity index (χ1n) is 10.1. The van der Waals surface area contributed by atoms with Crippen LogP contribution < -0.4 is 0 Å². The molecule has 2 aliphatic carbocycles. The maximum absolute atomic E-state index is 3.96. The topological polar surface area (TPSA) is 3.24 Å². The van der Waals surface area contributed by atoms with Crippen molar-refractivity contribution in [3.8, 4) is 0 Å². The van der Waals surface area contributed by atoms with E-state index >= 15 is 0 Å². The Morgan fingerprint density at radius 2 is 2.20 bits per heavy atom. The standard InChI is InChI=1S/C24H31N/c1-3-19-13-12-18(14-20(19)4-2)15-21-10-7-11-24(21)25-16-22-8-5-6-9-23(22)17-25/h3,5-6,8,12-14,21,23-24H,1,4,7,9-11,15-17H2,2H3. The minimum Gasteiger partial charge on any atom is -0.296 e. The summed E-state index contributed by atoms with van der Waals surface area (Å²) >= 11 is 0. The van der Waals surface area contributed by atoms with E-state index in [2.05, 4.69) is 54.8 Å². The first-order valence-corrected chi connectivity index (χ1v) is 10.1. The van der Waals surface area contributed by atoms with Gasteiger partial charge in [0.25, 0.3) is 0 Å². The predicted octanol–water partition coefficient (Wildman–Crippen LogP) is 5.42. The number of hydrogen-bond donors (Lipinski definition) is 0. The Bertz CT molecular complexity index is 696. The highest BCUT2D eigenvalue weighted by atomic mass is 15.2. The van der Waals surface area contributed by atoms with Crippen molar-refractivity contribution in [1.82, 2.24) is 4.90 Å². The van der Waals surface area contributed by atoms with Gasteiger partial charge >= 0.3 is 0 Å². The van der Waals surface area contributed by atoms with Crippen LogP contribution in [0.4, 0.5) is 0 Å². The van der Waals surface area contributed by atoms with Gasteiger partial charge in [0.05, 0.1) is 0 Å². The monoisotopic (exact) mass is 333 g/mol. The van der Waals surface area contributed by atoms with Gasteiger partial charge in [0.1, 0.15) is 0 Å². The molecule has 0 bridgehead atoms. The molecular formula is C24H31N. The van der Waals surface area contributed by atoms with Crippen molar-refractivity contribution < 1.29 is 0 Å². The van der Waals surface area contributed by atoms with Crippen LogP contribution in [-0.4, -0.2) is 24.0 Å². The van der Waals surface area contributed by atoms with Gasteiger partial charge < -0.3 is 0 Å². The van der Waals surface area contributed by atoms with Crippen molar-refractivity contribution in [2.75, 3.05) is 13.1 Å². The van der Waals surface area contributed by atoms with Crippen LogP contribution in [0.25, 0.3) is 6.08 Å². The number of fused-ring (bicyclic) bond motifs is 1. The fourth-order valence-corrected chi connectivity index (χ4v) is 5.26. The molecule has 0 radical (unpaired) electrons. The first-order chi connectivity index (χ1) is 12.3. The Morgan fingerprint density at radius 1 is 1.28 bits per heavy atom. The van der Waals surface area contributed by atoms with Crippen LogP contribution >= 0.6 is 0 Å². The lowest BCUT2D eigenvalue weighted by Gasteiger charge is -2.29. The maximum Gasteiger partial charge on any atom is 0.0202 e. The molecular weight excluding hydrogens is 302 g/mol. The summed E-state index contributed by atoms with van der Waals surface area (Å²) in [5.41, 5.74) is 5.95. The van der Waals surface area contributed by atoms with Gasteiger partial charge in [-0.2, -0.15) is 0 Å². The van der Waals surface area contributed by atoms with Gasteiger partial charge in [-0.05, 0) is 60.6 Å². The molecule has 1 saturated heterocycles. The summed E-state index contributed by atoms with van der Waals surface area (Å²) in [5, 5.41) is 0. The largest absolute Gasteiger partial charge is 0.296 e. The highest BCUT2D eigenvalue weighted by molar-refractivity contribution is 5.53. The first kappa shape index (κ1) is 16.8. The van der Waals surface area contributed by atoms with Gasteiger partial charge in [-0.15, -0.1) is 0 Å². The van der Waals surface area contributed by atoms with Gasteiger partial charge in [-0.25, -0.2) is 0 Å². The van der Waals surface area contributed by atoms with Crippen molar-refractivity contribution in [1.29, 1.82) is 0 Å². The number of allylic oxidation sites excluding steroid dienone is 3. The summed E-state index contributed by atoms with van der Waals surface area (Å²) in [4.78, 5) is 2.81. The lowest BCUT2D eigenvalue weighted by Crippen LogP contribution is -2.37. The van der Waals surface area contributed by atoms with Crippen molar-refractivity contribution in [3.63, 3.8) is 0 Å². The van der Waals surface area contributed by atoms with Crippen LogP contribution in [0.5, 0.6) is 0 Å². The average Bonchev–Trinajstić information content (AvgIpc) is 3.27. The molecule has 132 valence electrons. The molecule has 1 nitrogen and oxygen atoms in total. The molecule has 2 fully saturated rings. The fourth-order valence-electron chi connectivity index (χ4n) is 5.26. The SMILES string of the molecule is C=Cc1ccc(CC2CCCC2N2CC3=CC=CCC3C2)cc1CC. The molecule has 4 rings (SSSR count). The zero-order valence-electron chi connectivity index (χ0n) is 15.6. The second-order valence-corrected chi connectivity index (χ2v) is 8.09. The Labute approximate surface area is 153 Å². The van der Waals surface area contributed by atoms with E-state index in [-0.39, 0.29) is 0 Å². The average molecular weight is 334 g/mol. The molecule has 1 saturated carbocycles. The molecule has 0 aromatic heterocycles. The molecule has 1 heterocycles. The summed E-state index contributed by atoms with van der Waals surface area (Å²) in [6.07, 6.45) is 16.8. The molecule has 3 aliphatic rings. The number of benzene rings is 1. The van der Waals surface area contributed by atoms with Crippen molar-refractivity contribution >= 4 is 6.08 Å². The van der Waals surface area contributed by atoms with Crippen molar-refractivity contribution in [2.24, 2.45) is 11.8 Å². The van der Waals surface area contributed by atoms with Crippen LogP contribution in [-0.2, 0) is 12.8 Å². The summed E-state index contributed by atoms with van der Waals surface area (Å²) < 4.78 is 0. The van der Waals surface area contributed by atoms with Crippen molar-refractivity contribution in [3.05, 3.63) is 65.3 Å². The summed E-state index contributed by atoms with van der Waals surface area (Å²) in [5.74, 6) is 1.62. The molecule has 1 aromatic rings. The van der Waals surface area contributed by atoms with Gasteiger partial charge in [0.2, 0.25) is 0 Å². The summed E-state index contributed by atoms with van der Waals surface area (Å²) in [6.45, 7) is 8.70. The number of rotatable bonds is 5. The second-order valence-electron chi connectivity index (χ2n) is 8.09. The molecule has 3 unspecified atom stereocenters. The van der Waals surface area contributed by atoms with E-state index in [1.807, 2.05) is 6.08 Å². The Kier molecular flexibility index (Phi) is 4.94. The summed E-state index contributed by atoms with van der Waals surface area (Å²) in [6, 6.07) is 7.83. The molecule has 3 atom stereocenters. The lowest BCUT2D eigenvalue weighted by atomic mass is 9.91. The number of aryl methyl sites for hydroxylation is 1. The predicted molar refractivity (Wildman–Crippen MR) is 108 cm³/mol. The maximum atomic E-state index is 3.96. The van der Waals surface area contributed by atoms with E-state index in [4.69, 9.17) is 0 Å². The number of likely N-dealkylation sites (tertiary alicyclic amines) is 1. The van der Waals surface area contributed by atoms with Gasteiger partial charge in [-0.1, -0.05) is 68.0 Å². The molecule has 0 N–H and O–H groups in total. The molecule has 0 spiro atoms. The van der Waals surface area contributed by atoms with E-state index in [0.717, 1.165) is 24.3 Å². The number of nitrogens with zero attached hydrogens (tertiary/aromatic N) is 1. The number of hydrogen-bond acceptors (Lipinski definition) is 1. The Balaban J connectivity index is 1.46. The van der Waals surface area contributed by atoms with Crippen LogP contribution in [0.15, 0.2) is 48.6 Å². The van der Waals surface area contributed by atoms with Crippen molar-refractivity contribution in [2.45, 2.75) is 51.5 Å². The van der Waals surface area contributed by atoms with Crippen LogP contribution in [0.2, 0.25) is 0 Å². The Morgan fingerprint density at radius 3 is 3.00 bits per heavy atom. The highest BCUT2D eigenvalue weighted by Crippen LogP contribution is 2.38. The zero-order chi connectivity index (χ0) is 17.2. The second kappa shape index (κ2) is 7.33. The molecule has 1 aromatic carbocycles. The quantitative estimate of drug-likeness (QED) is 0.695. The van der Waals surface area contributed by atoms with E-state index in [0.29, 0.717) is 0 Å².